The zero-order valence-electron chi connectivity index (χ0n) is 6.91. The summed E-state index contributed by atoms with van der Waals surface area (Å²) in [7, 11) is 1.39. The summed E-state index contributed by atoms with van der Waals surface area (Å²) in [5.41, 5.74) is 0.475. The van der Waals surface area contributed by atoms with E-state index in [9.17, 15) is 10.1 Å². The molecule has 0 amide bonds. The lowest BCUT2D eigenvalue weighted by atomic mass is 10.2. The average molecular weight is 245 g/mol. The monoisotopic (exact) mass is 244 g/mol. The van der Waals surface area contributed by atoms with E-state index in [-0.39, 0.29) is 11.4 Å². The number of rotatable bonds is 2. The van der Waals surface area contributed by atoms with E-state index < -0.39 is 4.92 Å². The van der Waals surface area contributed by atoms with Gasteiger partial charge in [0.15, 0.2) is 5.75 Å². The lowest BCUT2D eigenvalue weighted by Crippen LogP contribution is -1.95. The van der Waals surface area contributed by atoms with Crippen LogP contribution in [0.25, 0.3) is 0 Å². The van der Waals surface area contributed by atoms with Crippen molar-refractivity contribution in [1.82, 2.24) is 0 Å². The van der Waals surface area contributed by atoms with Gasteiger partial charge in [-0.1, -0.05) is 6.07 Å². The van der Waals surface area contributed by atoms with Gasteiger partial charge in [0.2, 0.25) is 0 Å². The molecule has 0 aromatic heterocycles. The van der Waals surface area contributed by atoms with E-state index >= 15 is 0 Å². The van der Waals surface area contributed by atoms with Gasteiger partial charge in [-0.2, -0.15) is 0 Å². The first-order valence-electron chi connectivity index (χ1n) is 3.40. The average Bonchev–Trinajstić information content (AvgIpc) is 2.08. The van der Waals surface area contributed by atoms with Crippen LogP contribution in [-0.2, 0) is 0 Å². The van der Waals surface area contributed by atoms with E-state index in [1.54, 1.807) is 6.07 Å². The minimum atomic E-state index is -0.502. The van der Waals surface area contributed by atoms with Crippen molar-refractivity contribution in [1.29, 1.82) is 0 Å². The summed E-state index contributed by atoms with van der Waals surface area (Å²) in [5.74, 6) is 0.226. The van der Waals surface area contributed by atoms with Crippen LogP contribution in [-0.4, -0.2) is 12.0 Å². The Kier molecular flexibility index (Phi) is 2.87. The third-order valence-electron chi connectivity index (χ3n) is 1.56. The van der Waals surface area contributed by atoms with Crippen molar-refractivity contribution in [3.63, 3.8) is 0 Å². The van der Waals surface area contributed by atoms with E-state index in [1.807, 2.05) is 0 Å². The Labute approximate surface area is 83.8 Å². The summed E-state index contributed by atoms with van der Waals surface area (Å²) in [5, 5.41) is 10.6. The fourth-order valence-corrected chi connectivity index (χ4v) is 1.40. The van der Waals surface area contributed by atoms with Crippen LogP contribution in [0.1, 0.15) is 5.56 Å². The van der Waals surface area contributed by atoms with Gasteiger partial charge in [-0.25, -0.2) is 0 Å². The second-order valence-electron chi connectivity index (χ2n) is 2.35. The lowest BCUT2D eigenvalue weighted by Gasteiger charge is -2.04. The van der Waals surface area contributed by atoms with Gasteiger partial charge in [-0.15, -0.1) is 0 Å². The number of nitrogens with zero attached hydrogens (tertiary/aromatic N) is 1. The van der Waals surface area contributed by atoms with Crippen LogP contribution in [0, 0.1) is 17.0 Å². The third kappa shape index (κ3) is 1.80. The normalized spacial score (nSPS) is 9.77. The van der Waals surface area contributed by atoms with E-state index in [2.05, 4.69) is 22.9 Å². The van der Waals surface area contributed by atoms with Crippen LogP contribution in [0.5, 0.6) is 5.75 Å². The number of nitro groups is 1. The Morgan fingerprint density at radius 2 is 2.23 bits per heavy atom. The van der Waals surface area contributed by atoms with Gasteiger partial charge in [-0.3, -0.25) is 10.1 Å². The number of ether oxygens (including phenoxy) is 1. The fourth-order valence-electron chi connectivity index (χ4n) is 0.923. The molecule has 0 unspecified atom stereocenters. The Hall–Kier alpha value is -1.10. The van der Waals surface area contributed by atoms with Crippen molar-refractivity contribution in [2.45, 2.75) is 0 Å². The van der Waals surface area contributed by atoms with Crippen LogP contribution >= 0.6 is 15.9 Å². The molecule has 0 aliphatic rings. The topological polar surface area (TPSA) is 52.4 Å². The predicted molar refractivity (Wildman–Crippen MR) is 51.8 cm³/mol. The van der Waals surface area contributed by atoms with Gasteiger partial charge in [0.25, 0.3) is 0 Å². The maximum Gasteiger partial charge on any atom is 0.325 e. The highest BCUT2D eigenvalue weighted by Crippen LogP contribution is 2.36. The van der Waals surface area contributed by atoms with Gasteiger partial charge < -0.3 is 4.74 Å². The zero-order valence-corrected chi connectivity index (χ0v) is 8.50. The number of halogens is 1. The van der Waals surface area contributed by atoms with E-state index in [4.69, 9.17) is 4.74 Å². The maximum atomic E-state index is 10.6. The minimum Gasteiger partial charge on any atom is -0.490 e. The molecule has 0 spiro atoms. The van der Waals surface area contributed by atoms with Gasteiger partial charge in [-0.05, 0) is 34.5 Å². The molecule has 0 saturated carbocycles. The number of hydrogen-bond donors (Lipinski definition) is 0. The molecule has 0 aliphatic carbocycles. The molecule has 4 nitrogen and oxygen atoms in total. The molecule has 0 fully saturated rings. The van der Waals surface area contributed by atoms with Gasteiger partial charge >= 0.3 is 5.69 Å². The predicted octanol–water partition coefficient (Wildman–Crippen LogP) is 2.55. The first kappa shape index (κ1) is 9.98. The van der Waals surface area contributed by atoms with Crippen molar-refractivity contribution in [2.24, 2.45) is 0 Å². The number of nitro benzene ring substituents is 1. The van der Waals surface area contributed by atoms with E-state index in [1.165, 1.54) is 13.2 Å². The van der Waals surface area contributed by atoms with Crippen molar-refractivity contribution in [2.75, 3.05) is 7.11 Å². The molecule has 13 heavy (non-hydrogen) atoms. The van der Waals surface area contributed by atoms with Crippen LogP contribution < -0.4 is 4.74 Å². The molecular weight excluding hydrogens is 238 g/mol. The molecule has 1 aromatic rings. The molecule has 1 aromatic carbocycles. The number of methoxy groups -OCH3 is 1. The molecule has 0 saturated heterocycles. The maximum absolute atomic E-state index is 10.6. The molecule has 0 atom stereocenters. The molecule has 0 aliphatic heterocycles. The molecule has 69 valence electrons. The Balaban J connectivity index is 3.41. The smallest absolute Gasteiger partial charge is 0.325 e. The molecule has 1 radical (unpaired) electrons. The number of hydrogen-bond acceptors (Lipinski definition) is 3. The summed E-state index contributed by atoms with van der Waals surface area (Å²) in [6.45, 7) is 3.63. The Morgan fingerprint density at radius 3 is 2.69 bits per heavy atom. The molecule has 0 N–H and O–H groups in total. The minimum absolute atomic E-state index is 0.0880. The quantitative estimate of drug-likeness (QED) is 0.594. The highest BCUT2D eigenvalue weighted by atomic mass is 79.9. The van der Waals surface area contributed by atoms with Crippen molar-refractivity contribution in [3.8, 4) is 5.75 Å². The second kappa shape index (κ2) is 3.74. The van der Waals surface area contributed by atoms with Crippen molar-refractivity contribution in [3.05, 3.63) is 39.2 Å². The van der Waals surface area contributed by atoms with Gasteiger partial charge in [0.05, 0.1) is 12.0 Å². The van der Waals surface area contributed by atoms with Gasteiger partial charge in [0, 0.05) is 0 Å². The molecule has 1 rings (SSSR count). The van der Waals surface area contributed by atoms with Gasteiger partial charge in [0.1, 0.15) is 4.47 Å². The fraction of sp³-hybridized carbons (Fsp3) is 0.125. The van der Waals surface area contributed by atoms with Crippen LogP contribution in [0.4, 0.5) is 5.69 Å². The van der Waals surface area contributed by atoms with Crippen LogP contribution in [0.2, 0.25) is 0 Å². The van der Waals surface area contributed by atoms with E-state index in [0.29, 0.717) is 10.0 Å². The largest absolute Gasteiger partial charge is 0.490 e. The lowest BCUT2D eigenvalue weighted by molar-refractivity contribution is -0.386. The second-order valence-corrected chi connectivity index (χ2v) is 3.14. The van der Waals surface area contributed by atoms with Crippen LogP contribution in [0.3, 0.4) is 0 Å². The molecular formula is C8H7BrNO3. The first-order valence-corrected chi connectivity index (χ1v) is 4.20. The standard InChI is InChI=1S/C8H7BrNO3/c1-5-3-4-6(13-2)8(7(5)9)10(11)12/h3-4H,1H2,2H3. The summed E-state index contributed by atoms with van der Waals surface area (Å²) >= 11 is 3.09. The summed E-state index contributed by atoms with van der Waals surface area (Å²) in [6.07, 6.45) is 0. The molecule has 0 heterocycles. The Bertz CT molecular complexity index is 351. The van der Waals surface area contributed by atoms with Crippen molar-refractivity contribution < 1.29 is 9.66 Å². The van der Waals surface area contributed by atoms with Crippen LogP contribution in [0.15, 0.2) is 16.6 Å². The first-order chi connectivity index (χ1) is 6.07. The summed E-state index contributed by atoms with van der Waals surface area (Å²) in [4.78, 5) is 10.1. The summed E-state index contributed by atoms with van der Waals surface area (Å²) in [6, 6.07) is 3.17. The van der Waals surface area contributed by atoms with E-state index in [0.717, 1.165) is 0 Å². The Morgan fingerprint density at radius 1 is 1.62 bits per heavy atom. The SMILES string of the molecule is [CH2]c1ccc(OC)c([N+](=O)[O-])c1Br. The highest BCUT2D eigenvalue weighted by molar-refractivity contribution is 9.10. The van der Waals surface area contributed by atoms with Crippen molar-refractivity contribution >= 4 is 21.6 Å². The third-order valence-corrected chi connectivity index (χ3v) is 2.45. The zero-order chi connectivity index (χ0) is 10.0. The highest BCUT2D eigenvalue weighted by Gasteiger charge is 2.20. The molecule has 5 heteroatoms. The number of benzene rings is 1. The summed E-state index contributed by atoms with van der Waals surface area (Å²) < 4.78 is 5.20. The molecule has 0 bridgehead atoms.